The van der Waals surface area contributed by atoms with Crippen LogP contribution >= 0.6 is 23.1 Å². The van der Waals surface area contributed by atoms with Crippen molar-refractivity contribution in [3.8, 4) is 5.75 Å². The topological polar surface area (TPSA) is 129 Å². The van der Waals surface area contributed by atoms with Gasteiger partial charge >= 0.3 is 5.97 Å². The number of Topliss-reactive ketones (excluding diaryl/α,β-unsaturated/α-hetero) is 1. The minimum Gasteiger partial charge on any atom is -0.508 e. The second kappa shape index (κ2) is 9.72. The van der Waals surface area contributed by atoms with Crippen LogP contribution in [0.25, 0.3) is 10.2 Å². The van der Waals surface area contributed by atoms with Crippen molar-refractivity contribution in [3.05, 3.63) is 53.0 Å². The number of carboxylic acid groups (broad SMARTS) is 1. The summed E-state index contributed by atoms with van der Waals surface area (Å²) in [6, 6.07) is 11.2. The number of nitrogens with zero attached hydrogens (tertiary/aromatic N) is 2. The molecule has 3 N–H and O–H groups in total. The second-order valence-corrected chi connectivity index (χ2v) is 9.80. The van der Waals surface area contributed by atoms with Gasteiger partial charge in [-0.3, -0.25) is 9.79 Å². The van der Waals surface area contributed by atoms with Gasteiger partial charge in [-0.2, -0.15) is 0 Å². The summed E-state index contributed by atoms with van der Waals surface area (Å²) in [6.07, 6.45) is 0.488. The summed E-state index contributed by atoms with van der Waals surface area (Å²) in [4.78, 5) is 44.6. The fourth-order valence-electron chi connectivity index (χ4n) is 3.48. The molecule has 1 aliphatic rings. The monoisotopic (exact) mass is 483 g/mol. The van der Waals surface area contributed by atoms with Crippen molar-refractivity contribution in [2.24, 2.45) is 10.9 Å². The molecule has 10 heteroatoms. The Labute approximate surface area is 197 Å². The summed E-state index contributed by atoms with van der Waals surface area (Å²) < 4.78 is 0.839. The Hall–Kier alpha value is -3.24. The number of carbonyl (C=O) groups excluding carboxylic acids is 2. The fraction of sp³-hybridized carbons (Fsp3) is 0.261. The highest BCUT2D eigenvalue weighted by atomic mass is 32.2. The van der Waals surface area contributed by atoms with Crippen molar-refractivity contribution in [3.63, 3.8) is 0 Å². The van der Waals surface area contributed by atoms with Crippen molar-refractivity contribution >= 4 is 61.7 Å². The van der Waals surface area contributed by atoms with Gasteiger partial charge in [0.1, 0.15) is 21.6 Å². The molecular weight excluding hydrogens is 462 g/mol. The molecule has 3 aromatic rings. The molecule has 1 amide bonds. The van der Waals surface area contributed by atoms with Crippen molar-refractivity contribution in [2.75, 3.05) is 11.1 Å². The van der Waals surface area contributed by atoms with Crippen LogP contribution in [-0.4, -0.2) is 49.7 Å². The number of thioether (sulfide) groups is 1. The molecule has 0 spiro atoms. The Morgan fingerprint density at radius 1 is 1.18 bits per heavy atom. The normalized spacial score (nSPS) is 16.4. The largest absolute Gasteiger partial charge is 0.508 e. The number of carboxylic acids is 1. The zero-order chi connectivity index (χ0) is 23.5. The van der Waals surface area contributed by atoms with Crippen LogP contribution in [-0.2, 0) is 20.8 Å². The maximum Gasteiger partial charge on any atom is 0.329 e. The Kier molecular flexibility index (Phi) is 6.75. The highest BCUT2D eigenvalue weighted by Gasteiger charge is 2.27. The number of benzene rings is 2. The number of aliphatic carboxylic acids is 1. The van der Waals surface area contributed by atoms with Gasteiger partial charge in [0.15, 0.2) is 6.04 Å². The van der Waals surface area contributed by atoms with Gasteiger partial charge in [0, 0.05) is 23.8 Å². The van der Waals surface area contributed by atoms with E-state index in [2.05, 4.69) is 15.3 Å². The van der Waals surface area contributed by atoms with E-state index in [9.17, 15) is 19.5 Å². The number of hydrogen-bond donors (Lipinski definition) is 3. The molecule has 2 unspecified atom stereocenters. The van der Waals surface area contributed by atoms with Gasteiger partial charge in [-0.15, -0.1) is 23.1 Å². The summed E-state index contributed by atoms with van der Waals surface area (Å²) >= 11 is 2.76. The number of phenolic OH excluding ortho intramolecular Hbond substituents is 1. The lowest BCUT2D eigenvalue weighted by atomic mass is 9.93. The molecule has 1 aromatic heterocycles. The number of aromatic nitrogens is 1. The smallest absolute Gasteiger partial charge is 0.329 e. The van der Waals surface area contributed by atoms with Crippen molar-refractivity contribution < 1.29 is 24.6 Å². The number of aliphatic imine (C=N–C) groups is 1. The first kappa shape index (κ1) is 22.9. The zero-order valence-electron chi connectivity index (χ0n) is 17.6. The van der Waals surface area contributed by atoms with Gasteiger partial charge in [0.25, 0.3) is 0 Å². The SMILES string of the molecule is CC(=O)CC(Cc1ccc(O)cc1)C(=O)Nc1ccc2nc(C3=NC(C(=O)O)CS3)sc2c1. The molecule has 4 rings (SSSR count). The Bertz CT molecular complexity index is 1250. The van der Waals surface area contributed by atoms with Crippen LogP contribution in [0.4, 0.5) is 5.69 Å². The summed E-state index contributed by atoms with van der Waals surface area (Å²) in [6.45, 7) is 1.46. The number of thiazole rings is 1. The second-order valence-electron chi connectivity index (χ2n) is 7.76. The van der Waals surface area contributed by atoms with E-state index < -0.39 is 17.9 Å². The zero-order valence-corrected chi connectivity index (χ0v) is 19.3. The third kappa shape index (κ3) is 5.58. The molecule has 0 aliphatic carbocycles. The number of hydrogen-bond acceptors (Lipinski definition) is 8. The minimum atomic E-state index is -0.948. The number of carbonyl (C=O) groups is 3. The standard InChI is InChI=1S/C23H21N3O5S2/c1-12(27)8-14(9-13-2-5-16(28)6-3-13)20(29)24-15-4-7-17-19(10-15)33-22(25-17)21-26-18(11-32-21)23(30)31/h2-7,10,14,18,28H,8-9,11H2,1H3,(H,24,29)(H,30,31). The van der Waals surface area contributed by atoms with Gasteiger partial charge in [-0.1, -0.05) is 12.1 Å². The number of rotatable bonds is 8. The molecule has 1 aliphatic heterocycles. The quantitative estimate of drug-likeness (QED) is 0.445. The lowest BCUT2D eigenvalue weighted by Gasteiger charge is -2.16. The molecule has 8 nitrogen and oxygen atoms in total. The number of fused-ring (bicyclic) bond motifs is 1. The van der Waals surface area contributed by atoms with Crippen LogP contribution in [0, 0.1) is 5.92 Å². The van der Waals surface area contributed by atoms with E-state index in [0.717, 1.165) is 15.8 Å². The van der Waals surface area contributed by atoms with Gasteiger partial charge < -0.3 is 20.3 Å². The summed E-state index contributed by atoms with van der Waals surface area (Å²) in [5.74, 6) is -1.30. The van der Waals surface area contributed by atoms with E-state index >= 15 is 0 Å². The van der Waals surface area contributed by atoms with Crippen LogP contribution < -0.4 is 5.32 Å². The molecular formula is C23H21N3O5S2. The van der Waals surface area contributed by atoms with Crippen LogP contribution in [0.3, 0.4) is 0 Å². The molecule has 33 heavy (non-hydrogen) atoms. The maximum absolute atomic E-state index is 13.0. The van der Waals surface area contributed by atoms with E-state index in [0.29, 0.717) is 27.9 Å². The minimum absolute atomic E-state index is 0.0778. The highest BCUT2D eigenvalue weighted by Crippen LogP contribution is 2.31. The number of aromatic hydroxyl groups is 1. The van der Waals surface area contributed by atoms with Crippen LogP contribution in [0.1, 0.15) is 23.9 Å². The lowest BCUT2D eigenvalue weighted by Crippen LogP contribution is -2.26. The first-order valence-corrected chi connectivity index (χ1v) is 12.0. The first-order valence-electron chi connectivity index (χ1n) is 10.2. The number of ketones is 1. The molecule has 170 valence electrons. The molecule has 0 radical (unpaired) electrons. The van der Waals surface area contributed by atoms with Crippen LogP contribution in [0.5, 0.6) is 5.75 Å². The summed E-state index contributed by atoms with van der Waals surface area (Å²) in [5.41, 5.74) is 2.18. The predicted molar refractivity (Wildman–Crippen MR) is 129 cm³/mol. The molecule has 0 fully saturated rings. The molecule has 0 bridgehead atoms. The lowest BCUT2D eigenvalue weighted by molar-refractivity contribution is -0.137. The average Bonchev–Trinajstić information content (AvgIpc) is 3.41. The van der Waals surface area contributed by atoms with E-state index in [1.165, 1.54) is 30.0 Å². The van der Waals surface area contributed by atoms with E-state index in [4.69, 9.17) is 5.11 Å². The Morgan fingerprint density at radius 2 is 1.94 bits per heavy atom. The fourth-order valence-corrected chi connectivity index (χ4v) is 5.58. The molecule has 2 atom stereocenters. The van der Waals surface area contributed by atoms with Crippen molar-refractivity contribution in [1.82, 2.24) is 4.98 Å². The van der Waals surface area contributed by atoms with Crippen molar-refractivity contribution in [1.29, 1.82) is 0 Å². The average molecular weight is 484 g/mol. The third-order valence-corrected chi connectivity index (χ3v) is 7.31. The molecule has 0 saturated carbocycles. The van der Waals surface area contributed by atoms with Gasteiger partial charge in [-0.05, 0) is 49.2 Å². The maximum atomic E-state index is 13.0. The van der Waals surface area contributed by atoms with Crippen molar-refractivity contribution in [2.45, 2.75) is 25.8 Å². The summed E-state index contributed by atoms with van der Waals surface area (Å²) in [7, 11) is 0. The predicted octanol–water partition coefficient (Wildman–Crippen LogP) is 3.73. The van der Waals surface area contributed by atoms with Crippen LogP contribution in [0.15, 0.2) is 47.5 Å². The molecule has 2 aromatic carbocycles. The van der Waals surface area contributed by atoms with Crippen LogP contribution in [0.2, 0.25) is 0 Å². The van der Waals surface area contributed by atoms with E-state index in [1.807, 2.05) is 6.07 Å². The van der Waals surface area contributed by atoms with Gasteiger partial charge in [0.05, 0.1) is 10.2 Å². The Balaban J connectivity index is 1.51. The summed E-state index contributed by atoms with van der Waals surface area (Å²) in [5, 5.41) is 22.8. The highest BCUT2D eigenvalue weighted by molar-refractivity contribution is 8.15. The molecule has 0 saturated heterocycles. The number of anilines is 1. The van der Waals surface area contributed by atoms with Gasteiger partial charge in [-0.25, -0.2) is 9.78 Å². The van der Waals surface area contributed by atoms with E-state index in [-0.39, 0.29) is 23.9 Å². The number of nitrogens with one attached hydrogen (secondary N) is 1. The van der Waals surface area contributed by atoms with E-state index in [1.54, 1.807) is 36.4 Å². The third-order valence-electron chi connectivity index (χ3n) is 5.10. The number of amides is 1. The van der Waals surface area contributed by atoms with Gasteiger partial charge in [0.2, 0.25) is 5.91 Å². The number of phenols is 1. The first-order chi connectivity index (χ1) is 15.8. The Morgan fingerprint density at radius 3 is 2.61 bits per heavy atom. The molecule has 2 heterocycles.